The molecule has 0 N–H and O–H groups in total. The molecule has 0 bridgehead atoms. The van der Waals surface area contributed by atoms with E-state index >= 15 is 0 Å². The number of hydrogen-bond acceptors (Lipinski definition) is 4. The van der Waals surface area contributed by atoms with Crippen molar-refractivity contribution in [2.45, 2.75) is 12.8 Å². The molecule has 0 fully saturated rings. The number of oxazole rings is 1. The minimum atomic E-state index is 0.319. The number of aromatic nitrogens is 4. The van der Waals surface area contributed by atoms with Gasteiger partial charge in [0.15, 0.2) is 5.69 Å². The average molecular weight is 213 g/mol. The van der Waals surface area contributed by atoms with E-state index in [2.05, 4.69) is 15.2 Å². The summed E-state index contributed by atoms with van der Waals surface area (Å²) in [4.78, 5) is 5.65. The van der Waals surface area contributed by atoms with Gasteiger partial charge in [-0.05, 0) is 6.92 Å². The fourth-order valence-electron chi connectivity index (χ4n) is 1.11. The van der Waals surface area contributed by atoms with Crippen molar-refractivity contribution in [1.29, 1.82) is 0 Å². The Morgan fingerprint density at radius 3 is 2.86 bits per heavy atom. The fraction of sp³-hybridized carbons (Fsp3) is 0.375. The number of nitrogens with zero attached hydrogens (tertiary/aromatic N) is 4. The Kier molecular flexibility index (Phi) is 2.25. The number of rotatable bonds is 2. The summed E-state index contributed by atoms with van der Waals surface area (Å²) in [5.41, 5.74) is 1.41. The van der Waals surface area contributed by atoms with Gasteiger partial charge in [-0.2, -0.15) is 9.90 Å². The van der Waals surface area contributed by atoms with Gasteiger partial charge >= 0.3 is 0 Å². The van der Waals surface area contributed by atoms with Crippen LogP contribution in [0.3, 0.4) is 0 Å². The van der Waals surface area contributed by atoms with E-state index in [9.17, 15) is 0 Å². The van der Waals surface area contributed by atoms with Crippen molar-refractivity contribution < 1.29 is 4.42 Å². The topological polar surface area (TPSA) is 56.7 Å². The second kappa shape index (κ2) is 3.42. The molecule has 2 aromatic heterocycles. The minimum Gasteiger partial charge on any atom is -0.438 e. The van der Waals surface area contributed by atoms with E-state index in [0.717, 1.165) is 5.69 Å². The third kappa shape index (κ3) is 1.50. The Labute approximate surface area is 85.7 Å². The van der Waals surface area contributed by atoms with Gasteiger partial charge in [-0.3, -0.25) is 0 Å². The van der Waals surface area contributed by atoms with Crippen LogP contribution in [0.25, 0.3) is 11.6 Å². The fourth-order valence-corrected chi connectivity index (χ4v) is 1.35. The largest absolute Gasteiger partial charge is 0.438 e. The van der Waals surface area contributed by atoms with Crippen molar-refractivity contribution in [3.63, 3.8) is 0 Å². The molecule has 0 unspecified atom stereocenters. The quantitative estimate of drug-likeness (QED) is 0.709. The molecule has 2 aromatic rings. The van der Waals surface area contributed by atoms with Crippen LogP contribution in [0.2, 0.25) is 0 Å². The Balaban J connectivity index is 2.42. The maximum Gasteiger partial charge on any atom is 0.249 e. The minimum absolute atomic E-state index is 0.319. The molecule has 5 nitrogen and oxygen atoms in total. The highest BCUT2D eigenvalue weighted by Gasteiger charge is 2.12. The molecule has 0 aromatic carbocycles. The van der Waals surface area contributed by atoms with E-state index in [4.69, 9.17) is 16.0 Å². The number of alkyl halides is 1. The lowest BCUT2D eigenvalue weighted by Crippen LogP contribution is -1.91. The molecule has 6 heteroatoms. The highest BCUT2D eigenvalue weighted by molar-refractivity contribution is 6.16. The predicted octanol–water partition coefficient (Wildman–Crippen LogP) is 1.52. The van der Waals surface area contributed by atoms with Gasteiger partial charge in [0.05, 0.1) is 17.8 Å². The second-order valence-corrected chi connectivity index (χ2v) is 3.15. The first-order valence-electron chi connectivity index (χ1n) is 4.09. The lowest BCUT2D eigenvalue weighted by molar-refractivity contribution is 0.532. The summed E-state index contributed by atoms with van der Waals surface area (Å²) in [5, 5.41) is 8.01. The van der Waals surface area contributed by atoms with E-state index < -0.39 is 0 Å². The summed E-state index contributed by atoms with van der Waals surface area (Å²) in [7, 11) is 1.74. The number of hydrogen-bond donors (Lipinski definition) is 0. The Bertz CT molecular complexity index is 448. The van der Waals surface area contributed by atoms with Gasteiger partial charge < -0.3 is 4.42 Å². The van der Waals surface area contributed by atoms with Crippen molar-refractivity contribution >= 4 is 11.6 Å². The van der Waals surface area contributed by atoms with E-state index in [1.165, 1.54) is 4.80 Å². The van der Waals surface area contributed by atoms with Crippen LogP contribution in [0.5, 0.6) is 0 Å². The monoisotopic (exact) mass is 212 g/mol. The average Bonchev–Trinajstić information content (AvgIpc) is 2.71. The molecule has 0 spiro atoms. The molecule has 0 saturated heterocycles. The first-order valence-corrected chi connectivity index (χ1v) is 4.63. The molecular formula is C8H9ClN4O. The Morgan fingerprint density at radius 2 is 2.36 bits per heavy atom. The molecule has 0 aliphatic heterocycles. The lowest BCUT2D eigenvalue weighted by Gasteiger charge is -1.86. The van der Waals surface area contributed by atoms with Crippen molar-refractivity contribution in [2.24, 2.45) is 7.05 Å². The Morgan fingerprint density at radius 1 is 1.57 bits per heavy atom. The standard InChI is InChI=1S/C8H9ClN4O/c1-5-7(3-9)14-8(11-5)6-4-10-13(2)12-6/h4H,3H2,1-2H3. The molecule has 0 aliphatic carbocycles. The third-order valence-corrected chi connectivity index (χ3v) is 2.08. The van der Waals surface area contributed by atoms with Gasteiger partial charge in [0.1, 0.15) is 5.76 Å². The first-order chi connectivity index (χ1) is 6.70. The number of aryl methyl sites for hydroxylation is 2. The van der Waals surface area contributed by atoms with E-state index in [0.29, 0.717) is 23.2 Å². The molecule has 0 radical (unpaired) electrons. The van der Waals surface area contributed by atoms with E-state index in [-0.39, 0.29) is 0 Å². The van der Waals surface area contributed by atoms with Crippen LogP contribution in [-0.2, 0) is 12.9 Å². The molecule has 0 saturated carbocycles. The van der Waals surface area contributed by atoms with Gasteiger partial charge in [0.25, 0.3) is 0 Å². The zero-order valence-electron chi connectivity index (χ0n) is 7.86. The molecule has 14 heavy (non-hydrogen) atoms. The summed E-state index contributed by atoms with van der Waals surface area (Å²) >= 11 is 5.66. The van der Waals surface area contributed by atoms with Crippen LogP contribution >= 0.6 is 11.6 Å². The first kappa shape index (κ1) is 9.21. The van der Waals surface area contributed by atoms with Crippen molar-refractivity contribution in [3.8, 4) is 11.6 Å². The van der Waals surface area contributed by atoms with Gasteiger partial charge in [0.2, 0.25) is 5.89 Å². The van der Waals surface area contributed by atoms with Crippen molar-refractivity contribution in [3.05, 3.63) is 17.7 Å². The normalized spacial score (nSPS) is 10.8. The molecule has 2 heterocycles. The van der Waals surface area contributed by atoms with Crippen LogP contribution in [0.4, 0.5) is 0 Å². The zero-order chi connectivity index (χ0) is 10.1. The maximum atomic E-state index is 5.66. The van der Waals surface area contributed by atoms with E-state index in [1.54, 1.807) is 13.2 Å². The summed E-state index contributed by atoms with van der Waals surface area (Å²) in [6, 6.07) is 0. The van der Waals surface area contributed by atoms with Crippen LogP contribution < -0.4 is 0 Å². The molecule has 2 rings (SSSR count). The van der Waals surface area contributed by atoms with Gasteiger partial charge in [-0.25, -0.2) is 4.98 Å². The van der Waals surface area contributed by atoms with Crippen LogP contribution in [0, 0.1) is 6.92 Å². The maximum absolute atomic E-state index is 5.66. The SMILES string of the molecule is Cc1nc(-c2cnn(C)n2)oc1CCl. The van der Waals surface area contributed by atoms with Crippen molar-refractivity contribution in [1.82, 2.24) is 20.0 Å². The molecule has 0 aliphatic rings. The van der Waals surface area contributed by atoms with Crippen LogP contribution in [-0.4, -0.2) is 20.0 Å². The number of halogens is 1. The second-order valence-electron chi connectivity index (χ2n) is 2.88. The summed E-state index contributed by atoms with van der Waals surface area (Å²) in [6.45, 7) is 1.85. The third-order valence-electron chi connectivity index (χ3n) is 1.83. The van der Waals surface area contributed by atoms with Crippen LogP contribution in [0.15, 0.2) is 10.6 Å². The molecule has 0 atom stereocenters. The van der Waals surface area contributed by atoms with Gasteiger partial charge in [0, 0.05) is 7.05 Å². The Hall–Kier alpha value is -1.36. The highest BCUT2D eigenvalue weighted by atomic mass is 35.5. The van der Waals surface area contributed by atoms with Crippen molar-refractivity contribution in [2.75, 3.05) is 0 Å². The van der Waals surface area contributed by atoms with Gasteiger partial charge in [-0.15, -0.1) is 16.7 Å². The zero-order valence-corrected chi connectivity index (χ0v) is 8.62. The molecular weight excluding hydrogens is 204 g/mol. The van der Waals surface area contributed by atoms with E-state index in [1.807, 2.05) is 6.92 Å². The molecule has 0 amide bonds. The summed E-state index contributed by atoms with van der Waals surface area (Å²) in [6.07, 6.45) is 1.60. The predicted molar refractivity (Wildman–Crippen MR) is 50.8 cm³/mol. The smallest absolute Gasteiger partial charge is 0.249 e. The van der Waals surface area contributed by atoms with Crippen LogP contribution in [0.1, 0.15) is 11.5 Å². The molecule has 74 valence electrons. The summed E-state index contributed by atoms with van der Waals surface area (Å²) < 4.78 is 5.40. The summed E-state index contributed by atoms with van der Waals surface area (Å²) in [5.74, 6) is 1.46. The highest BCUT2D eigenvalue weighted by Crippen LogP contribution is 2.20. The van der Waals surface area contributed by atoms with Gasteiger partial charge in [-0.1, -0.05) is 0 Å². The lowest BCUT2D eigenvalue weighted by atomic mass is 10.4.